The van der Waals surface area contributed by atoms with Gasteiger partial charge in [0.2, 0.25) is 0 Å². The van der Waals surface area contributed by atoms with E-state index in [4.69, 9.17) is 4.74 Å². The maximum absolute atomic E-state index is 11.9. The van der Waals surface area contributed by atoms with Crippen LogP contribution in [0.3, 0.4) is 0 Å². The van der Waals surface area contributed by atoms with Crippen molar-refractivity contribution in [1.29, 1.82) is 0 Å². The first-order valence-electron chi connectivity index (χ1n) is 6.94. The summed E-state index contributed by atoms with van der Waals surface area (Å²) in [6.45, 7) is 11.4. The molecule has 0 aromatic carbocycles. The molecule has 1 aliphatic heterocycles. The van der Waals surface area contributed by atoms with Crippen LogP contribution in [0, 0.1) is 11.3 Å². The molecule has 0 bridgehead atoms. The predicted octanol–water partition coefficient (Wildman–Crippen LogP) is 3.60. The van der Waals surface area contributed by atoms with Crippen molar-refractivity contribution in [1.82, 2.24) is 4.90 Å². The Morgan fingerprint density at radius 3 is 2.33 bits per heavy atom. The lowest BCUT2D eigenvalue weighted by Gasteiger charge is -2.53. The minimum absolute atomic E-state index is 0.154. The molecular weight excluding hydrogens is 226 g/mol. The normalized spacial score (nSPS) is 23.6. The van der Waals surface area contributed by atoms with Crippen LogP contribution in [0.1, 0.15) is 46.5 Å². The average Bonchev–Trinajstić information content (AvgIpc) is 2.23. The zero-order chi connectivity index (χ0) is 13.4. The van der Waals surface area contributed by atoms with Crippen LogP contribution in [0.2, 0.25) is 0 Å². The van der Waals surface area contributed by atoms with E-state index in [9.17, 15) is 4.79 Å². The van der Waals surface area contributed by atoms with Crippen LogP contribution in [0.25, 0.3) is 0 Å². The number of rotatable bonds is 1. The highest BCUT2D eigenvalue weighted by molar-refractivity contribution is 5.69. The SMILES string of the molecule is C=CC1CCC2(CC1)CN(C(=O)OC(C)(C)C)C2. The molecule has 3 nitrogen and oxygen atoms in total. The summed E-state index contributed by atoms with van der Waals surface area (Å²) in [5.74, 6) is 0.686. The van der Waals surface area contributed by atoms with Gasteiger partial charge in [0.15, 0.2) is 0 Å². The van der Waals surface area contributed by atoms with E-state index in [1.165, 1.54) is 25.7 Å². The number of likely N-dealkylation sites (tertiary alicyclic amines) is 1. The first kappa shape index (κ1) is 13.4. The molecule has 0 unspecified atom stereocenters. The molecule has 2 aliphatic rings. The summed E-state index contributed by atoms with van der Waals surface area (Å²) in [5.41, 5.74) is -0.00322. The quantitative estimate of drug-likeness (QED) is 0.666. The minimum Gasteiger partial charge on any atom is -0.444 e. The number of amides is 1. The van der Waals surface area contributed by atoms with Crippen LogP contribution in [0.5, 0.6) is 0 Å². The van der Waals surface area contributed by atoms with Crippen LogP contribution in [0.4, 0.5) is 4.79 Å². The Labute approximate surface area is 110 Å². The number of carbonyl (C=O) groups excluding carboxylic acids is 1. The Morgan fingerprint density at radius 2 is 1.89 bits per heavy atom. The molecule has 0 aromatic heterocycles. The topological polar surface area (TPSA) is 29.5 Å². The van der Waals surface area contributed by atoms with Crippen molar-refractivity contribution < 1.29 is 9.53 Å². The van der Waals surface area contributed by atoms with Gasteiger partial charge in [-0.25, -0.2) is 4.79 Å². The van der Waals surface area contributed by atoms with Crippen molar-refractivity contribution in [3.63, 3.8) is 0 Å². The molecule has 1 saturated heterocycles. The maximum Gasteiger partial charge on any atom is 0.410 e. The highest BCUT2D eigenvalue weighted by Crippen LogP contribution is 2.46. The van der Waals surface area contributed by atoms with Gasteiger partial charge in [-0.05, 0) is 52.4 Å². The third-order valence-electron chi connectivity index (χ3n) is 4.13. The van der Waals surface area contributed by atoms with E-state index in [2.05, 4.69) is 12.7 Å². The number of carbonyl (C=O) groups is 1. The number of allylic oxidation sites excluding steroid dienone is 1. The lowest BCUT2D eigenvalue weighted by atomic mass is 9.66. The van der Waals surface area contributed by atoms with Gasteiger partial charge in [-0.1, -0.05) is 6.08 Å². The third kappa shape index (κ3) is 2.88. The average molecular weight is 251 g/mol. The van der Waals surface area contributed by atoms with E-state index >= 15 is 0 Å². The van der Waals surface area contributed by atoms with Crippen LogP contribution < -0.4 is 0 Å². The fourth-order valence-electron chi connectivity index (χ4n) is 3.02. The predicted molar refractivity (Wildman–Crippen MR) is 72.4 cm³/mol. The molecule has 0 N–H and O–H groups in total. The fourth-order valence-corrected chi connectivity index (χ4v) is 3.02. The summed E-state index contributed by atoms with van der Waals surface area (Å²) in [6.07, 6.45) is 6.83. The summed E-state index contributed by atoms with van der Waals surface area (Å²) >= 11 is 0. The summed E-state index contributed by atoms with van der Waals surface area (Å²) in [6, 6.07) is 0. The summed E-state index contributed by atoms with van der Waals surface area (Å²) in [7, 11) is 0. The monoisotopic (exact) mass is 251 g/mol. The molecule has 2 rings (SSSR count). The second-order valence-corrected chi connectivity index (χ2v) is 6.91. The Morgan fingerprint density at radius 1 is 1.33 bits per heavy atom. The molecule has 1 spiro atoms. The van der Waals surface area contributed by atoms with Crippen molar-refractivity contribution in [2.75, 3.05) is 13.1 Å². The van der Waals surface area contributed by atoms with Crippen molar-refractivity contribution in [2.24, 2.45) is 11.3 Å². The molecule has 18 heavy (non-hydrogen) atoms. The molecule has 0 atom stereocenters. The highest BCUT2D eigenvalue weighted by Gasteiger charge is 2.47. The zero-order valence-electron chi connectivity index (χ0n) is 11.9. The first-order valence-corrected chi connectivity index (χ1v) is 6.94. The summed E-state index contributed by atoms with van der Waals surface area (Å²) < 4.78 is 5.39. The molecule has 0 aromatic rings. The standard InChI is InChI=1S/C15H25NO2/c1-5-12-6-8-15(9-7-12)10-16(11-15)13(17)18-14(2,3)4/h5,12H,1,6-11H2,2-4H3. The number of nitrogens with zero attached hydrogens (tertiary/aromatic N) is 1. The summed E-state index contributed by atoms with van der Waals surface area (Å²) in [4.78, 5) is 13.7. The van der Waals surface area contributed by atoms with Gasteiger partial charge in [-0.2, -0.15) is 0 Å². The molecule has 1 heterocycles. The summed E-state index contributed by atoms with van der Waals surface area (Å²) in [5, 5.41) is 0. The Bertz CT molecular complexity index is 327. The fraction of sp³-hybridized carbons (Fsp3) is 0.800. The van der Waals surface area contributed by atoms with E-state index in [1.54, 1.807) is 0 Å². The van der Waals surface area contributed by atoms with Gasteiger partial charge in [-0.3, -0.25) is 0 Å². The second kappa shape index (κ2) is 4.60. The van der Waals surface area contributed by atoms with Gasteiger partial charge >= 0.3 is 6.09 Å². The number of hydrogen-bond acceptors (Lipinski definition) is 2. The Hall–Kier alpha value is -0.990. The lowest BCUT2D eigenvalue weighted by molar-refractivity contribution is -0.0520. The molecular formula is C15H25NO2. The van der Waals surface area contributed by atoms with Crippen LogP contribution in [-0.2, 0) is 4.74 Å². The van der Waals surface area contributed by atoms with Gasteiger partial charge in [0, 0.05) is 18.5 Å². The van der Waals surface area contributed by atoms with Crippen LogP contribution >= 0.6 is 0 Å². The van der Waals surface area contributed by atoms with Crippen LogP contribution in [0.15, 0.2) is 12.7 Å². The maximum atomic E-state index is 11.9. The molecule has 1 amide bonds. The Kier molecular flexibility index (Phi) is 3.43. The van der Waals surface area contributed by atoms with Crippen molar-refractivity contribution in [3.8, 4) is 0 Å². The molecule has 1 aliphatic carbocycles. The van der Waals surface area contributed by atoms with Gasteiger partial charge in [0.25, 0.3) is 0 Å². The van der Waals surface area contributed by atoms with Crippen LogP contribution in [-0.4, -0.2) is 29.7 Å². The van der Waals surface area contributed by atoms with E-state index in [-0.39, 0.29) is 11.7 Å². The van der Waals surface area contributed by atoms with Crippen molar-refractivity contribution in [2.45, 2.75) is 52.1 Å². The molecule has 2 fully saturated rings. The molecule has 3 heteroatoms. The zero-order valence-corrected chi connectivity index (χ0v) is 11.9. The third-order valence-corrected chi connectivity index (χ3v) is 4.13. The van der Waals surface area contributed by atoms with Crippen molar-refractivity contribution >= 4 is 6.09 Å². The van der Waals surface area contributed by atoms with E-state index in [1.807, 2.05) is 25.7 Å². The van der Waals surface area contributed by atoms with E-state index < -0.39 is 0 Å². The number of hydrogen-bond donors (Lipinski definition) is 0. The smallest absolute Gasteiger partial charge is 0.410 e. The lowest BCUT2D eigenvalue weighted by Crippen LogP contribution is -2.60. The molecule has 0 radical (unpaired) electrons. The second-order valence-electron chi connectivity index (χ2n) is 6.91. The Balaban J connectivity index is 1.80. The van der Waals surface area contributed by atoms with Crippen molar-refractivity contribution in [3.05, 3.63) is 12.7 Å². The van der Waals surface area contributed by atoms with Gasteiger partial charge < -0.3 is 9.64 Å². The largest absolute Gasteiger partial charge is 0.444 e. The van der Waals surface area contributed by atoms with Gasteiger partial charge in [0.1, 0.15) is 5.60 Å². The number of ether oxygens (including phenoxy) is 1. The molecule has 1 saturated carbocycles. The van der Waals surface area contributed by atoms with E-state index in [0.29, 0.717) is 11.3 Å². The van der Waals surface area contributed by atoms with Gasteiger partial charge in [0.05, 0.1) is 0 Å². The van der Waals surface area contributed by atoms with E-state index in [0.717, 1.165) is 13.1 Å². The van der Waals surface area contributed by atoms with Gasteiger partial charge in [-0.15, -0.1) is 6.58 Å². The minimum atomic E-state index is -0.389. The molecule has 102 valence electrons. The first-order chi connectivity index (χ1) is 8.34. The highest BCUT2D eigenvalue weighted by atomic mass is 16.6.